The summed E-state index contributed by atoms with van der Waals surface area (Å²) in [7, 11) is 2.27. The van der Waals surface area contributed by atoms with Gasteiger partial charge in [-0.25, -0.2) is 4.57 Å². The maximum atomic E-state index is 6.70. The Bertz CT molecular complexity index is 2450. The zero-order chi connectivity index (χ0) is 33.7. The minimum atomic E-state index is -0.260. The third kappa shape index (κ3) is 3.53. The van der Waals surface area contributed by atoms with E-state index in [0.29, 0.717) is 0 Å². The van der Waals surface area contributed by atoms with Crippen LogP contribution in [0.15, 0.2) is 108 Å². The summed E-state index contributed by atoms with van der Waals surface area (Å²) in [6.45, 7) is 21.2. The first kappa shape index (κ1) is 28.9. The van der Waals surface area contributed by atoms with Crippen LogP contribution in [0.5, 0.6) is 0 Å². The molecule has 4 aromatic carbocycles. The van der Waals surface area contributed by atoms with Gasteiger partial charge in [-0.3, -0.25) is 0 Å². The predicted molar refractivity (Wildman–Crippen MR) is 201 cm³/mol. The number of aromatic nitrogens is 2. The van der Waals surface area contributed by atoms with Gasteiger partial charge in [-0.15, -0.1) is 0 Å². The average molecular weight is 644 g/mol. The topological polar surface area (TPSA) is 28.4 Å². The smallest absolute Gasteiger partial charge is 0.294 e. The first-order valence-corrected chi connectivity index (χ1v) is 17.7. The first-order chi connectivity index (χ1) is 23.5. The quantitative estimate of drug-likeness (QED) is 0.132. The average Bonchev–Trinajstić information content (AvgIpc) is 3.77. The number of nitrogens with zero attached hydrogens (tertiary/aromatic N) is 4. The molecule has 49 heavy (non-hydrogen) atoms. The van der Waals surface area contributed by atoms with E-state index in [-0.39, 0.29) is 29.0 Å². The van der Waals surface area contributed by atoms with Crippen LogP contribution in [0.1, 0.15) is 75.3 Å². The third-order valence-electron chi connectivity index (χ3n) is 12.3. The molecule has 244 valence electrons. The maximum Gasteiger partial charge on any atom is 0.294 e. The molecule has 0 saturated carbocycles. The van der Waals surface area contributed by atoms with Gasteiger partial charge < -0.3 is 14.2 Å². The number of furan rings is 1. The van der Waals surface area contributed by atoms with Crippen LogP contribution < -0.4 is 14.4 Å². The number of benzene rings is 4. The Hall–Kier alpha value is -5.03. The Morgan fingerprint density at radius 3 is 2.47 bits per heavy atom. The van der Waals surface area contributed by atoms with Crippen LogP contribution >= 0.6 is 0 Å². The number of aryl methyl sites for hydroxylation is 1. The fourth-order valence-electron chi connectivity index (χ4n) is 9.81. The van der Waals surface area contributed by atoms with Gasteiger partial charge in [0.1, 0.15) is 41.5 Å². The number of anilines is 3. The molecule has 0 saturated heterocycles. The largest absolute Gasteiger partial charge is 0.456 e. The van der Waals surface area contributed by atoms with Crippen LogP contribution in [-0.2, 0) is 11.8 Å². The van der Waals surface area contributed by atoms with Crippen molar-refractivity contribution in [2.75, 3.05) is 16.8 Å². The Kier molecular flexibility index (Phi) is 5.52. The van der Waals surface area contributed by atoms with Crippen LogP contribution in [0.3, 0.4) is 0 Å². The molecule has 5 heteroatoms. The Balaban J connectivity index is 1.30. The fraction of sp³-hybridized carbons (Fsp3) is 0.295. The van der Waals surface area contributed by atoms with Gasteiger partial charge in [0.05, 0.1) is 28.0 Å². The zero-order valence-electron chi connectivity index (χ0n) is 29.3. The number of para-hydroxylation sites is 1. The zero-order valence-corrected chi connectivity index (χ0v) is 29.3. The second-order valence-electron chi connectivity index (χ2n) is 16.2. The van der Waals surface area contributed by atoms with Gasteiger partial charge in [0.15, 0.2) is 0 Å². The summed E-state index contributed by atoms with van der Waals surface area (Å²) in [5.74, 6) is 1.44. The number of fused-ring (bicyclic) bond motifs is 6. The molecule has 6 heterocycles. The minimum Gasteiger partial charge on any atom is -0.456 e. The van der Waals surface area contributed by atoms with Crippen LogP contribution in [0.25, 0.3) is 39.0 Å². The molecule has 4 aliphatic rings. The summed E-state index contributed by atoms with van der Waals surface area (Å²) in [5.41, 5.74) is 14.4. The molecule has 0 radical (unpaired) electrons. The number of imidazole rings is 1. The SMILES string of the molecule is C=C1C2N(C)c3cccc4c3N2c2c(ccc3oc5cccc(c5c23)C4(C)C)CCC2c3ccccc3-c3n(C(=C)C(C)(C)C)cc[n+]3C12. The lowest BCUT2D eigenvalue weighted by Gasteiger charge is -2.40. The van der Waals surface area contributed by atoms with E-state index >= 15 is 0 Å². The lowest BCUT2D eigenvalue weighted by molar-refractivity contribution is -0.708. The predicted octanol–water partition coefficient (Wildman–Crippen LogP) is 10.3. The Labute approximate surface area is 288 Å². The summed E-state index contributed by atoms with van der Waals surface area (Å²) in [6, 6.07) is 27.2. The lowest BCUT2D eigenvalue weighted by atomic mass is 9.74. The van der Waals surface area contributed by atoms with E-state index in [0.717, 1.165) is 29.7 Å². The van der Waals surface area contributed by atoms with Crippen molar-refractivity contribution in [2.45, 2.75) is 71.0 Å². The van der Waals surface area contributed by atoms with Crippen molar-refractivity contribution in [3.63, 3.8) is 0 Å². The molecule has 0 amide bonds. The molecule has 0 fully saturated rings. The first-order valence-electron chi connectivity index (χ1n) is 17.7. The normalized spacial score (nSPS) is 21.5. The number of likely N-dealkylation sites (N-methyl/N-ethyl adjacent to an activating group) is 1. The second-order valence-corrected chi connectivity index (χ2v) is 16.2. The highest BCUT2D eigenvalue weighted by atomic mass is 16.3. The highest BCUT2D eigenvalue weighted by Gasteiger charge is 2.51. The monoisotopic (exact) mass is 643 g/mol. The van der Waals surface area contributed by atoms with Crippen molar-refractivity contribution >= 4 is 44.7 Å². The molecule has 0 spiro atoms. The molecule has 0 bridgehead atoms. The van der Waals surface area contributed by atoms with Gasteiger partial charge >= 0.3 is 0 Å². The molecular weight excluding hydrogens is 601 g/mol. The Morgan fingerprint density at radius 2 is 1.65 bits per heavy atom. The molecule has 6 aromatic rings. The fourth-order valence-corrected chi connectivity index (χ4v) is 9.81. The third-order valence-corrected chi connectivity index (χ3v) is 12.3. The van der Waals surface area contributed by atoms with Crippen molar-refractivity contribution < 1.29 is 8.98 Å². The van der Waals surface area contributed by atoms with E-state index in [4.69, 9.17) is 11.0 Å². The maximum absolute atomic E-state index is 6.70. The van der Waals surface area contributed by atoms with E-state index in [1.54, 1.807) is 0 Å². The van der Waals surface area contributed by atoms with Crippen LogP contribution in [0.4, 0.5) is 17.1 Å². The van der Waals surface area contributed by atoms with Crippen molar-refractivity contribution in [3.05, 3.63) is 126 Å². The van der Waals surface area contributed by atoms with E-state index < -0.39 is 0 Å². The Morgan fingerprint density at radius 1 is 0.898 bits per heavy atom. The van der Waals surface area contributed by atoms with Crippen molar-refractivity contribution in [2.24, 2.45) is 5.41 Å². The molecule has 2 aromatic heterocycles. The molecule has 5 nitrogen and oxygen atoms in total. The number of hydrogen-bond donors (Lipinski definition) is 0. The molecule has 0 aliphatic carbocycles. The van der Waals surface area contributed by atoms with Gasteiger partial charge in [0.2, 0.25) is 0 Å². The molecule has 0 N–H and O–H groups in total. The second kappa shape index (κ2) is 9.35. The van der Waals surface area contributed by atoms with Crippen LogP contribution in [0.2, 0.25) is 0 Å². The van der Waals surface area contributed by atoms with Crippen LogP contribution in [-0.4, -0.2) is 17.8 Å². The summed E-state index contributed by atoms with van der Waals surface area (Å²) in [4.78, 5) is 5.15. The van der Waals surface area contributed by atoms with Crippen molar-refractivity contribution in [3.8, 4) is 11.4 Å². The van der Waals surface area contributed by atoms with E-state index in [2.05, 4.69) is 152 Å². The number of rotatable bonds is 1. The van der Waals surface area contributed by atoms with Crippen molar-refractivity contribution in [1.29, 1.82) is 0 Å². The van der Waals surface area contributed by atoms with Gasteiger partial charge in [-0.05, 0) is 59.4 Å². The summed E-state index contributed by atoms with van der Waals surface area (Å²) in [6.07, 6.45) is 6.36. The van der Waals surface area contributed by atoms with Gasteiger partial charge in [0, 0.05) is 34.8 Å². The standard InChI is InChI=1S/C44H43N4O/c1-25-38-29(28-13-9-10-14-30(28)42-46(23-24-47(38)42)26(2)43(3,4)5)21-19-27-20-22-35-37-36-31(15-12-18-34(36)49-35)44(6,7)32-16-11-17-33-40(32)48(39(27)37)41(25)45(33)8/h9-18,20,22-24,29,38,41H,1-2,19,21H2,3-8H3/q+1. The highest BCUT2D eigenvalue weighted by molar-refractivity contribution is 6.16. The van der Waals surface area contributed by atoms with Crippen LogP contribution in [0, 0.1) is 5.41 Å². The van der Waals surface area contributed by atoms with Gasteiger partial charge in [-0.2, -0.15) is 4.57 Å². The van der Waals surface area contributed by atoms with E-state index in [1.165, 1.54) is 67.0 Å². The number of allylic oxidation sites excluding steroid dienone is 1. The van der Waals surface area contributed by atoms with E-state index in [1.807, 2.05) is 0 Å². The summed E-state index contributed by atoms with van der Waals surface area (Å²) in [5, 5.41) is 2.47. The molecular formula is C44H43N4O+. The number of hydrogen-bond acceptors (Lipinski definition) is 3. The lowest BCUT2D eigenvalue weighted by Crippen LogP contribution is -2.52. The van der Waals surface area contributed by atoms with Gasteiger partial charge in [-0.1, -0.05) is 96.3 Å². The molecule has 3 atom stereocenters. The summed E-state index contributed by atoms with van der Waals surface area (Å²) >= 11 is 0. The van der Waals surface area contributed by atoms with Crippen molar-refractivity contribution in [1.82, 2.24) is 4.57 Å². The van der Waals surface area contributed by atoms with E-state index in [9.17, 15) is 0 Å². The van der Waals surface area contributed by atoms with Gasteiger partial charge in [0.25, 0.3) is 5.82 Å². The molecule has 3 unspecified atom stereocenters. The summed E-state index contributed by atoms with van der Waals surface area (Å²) < 4.78 is 11.6. The highest BCUT2D eigenvalue weighted by Crippen LogP contribution is 2.59. The minimum absolute atomic E-state index is 0.0454. The molecule has 10 rings (SSSR count). The molecule has 4 aliphatic heterocycles.